The van der Waals surface area contributed by atoms with E-state index in [4.69, 9.17) is 30.5 Å². The molecular weight excluding hydrogens is 906 g/mol. The summed E-state index contributed by atoms with van der Waals surface area (Å²) in [5.41, 5.74) is -0.841. The van der Waals surface area contributed by atoms with Crippen molar-refractivity contribution in [2.45, 2.75) is 141 Å². The highest BCUT2D eigenvalue weighted by Crippen LogP contribution is 2.49. The molecule has 0 radical (unpaired) electrons. The molecule has 4 aliphatic rings. The number of alkyl carbamates (subject to hydrolysis) is 1. The fourth-order valence-electron chi connectivity index (χ4n) is 8.92. The summed E-state index contributed by atoms with van der Waals surface area (Å²) in [6, 6.07) is 1.45. The molecule has 4 aliphatic heterocycles. The number of likely N-dealkylation sites (tertiary alicyclic amines) is 1. The Morgan fingerprint density at radius 1 is 1.10 bits per heavy atom. The van der Waals surface area contributed by atoms with Crippen LogP contribution in [0.1, 0.15) is 98.5 Å². The number of ether oxygens (including phenoxy) is 4. The van der Waals surface area contributed by atoms with Crippen molar-refractivity contribution in [2.75, 3.05) is 44.7 Å². The number of fused-ring (bicyclic) bond motifs is 5. The van der Waals surface area contributed by atoms with Crippen molar-refractivity contribution in [2.24, 2.45) is 17.8 Å². The molecule has 5 rings (SSSR count). The van der Waals surface area contributed by atoms with Crippen molar-refractivity contribution < 1.29 is 57.6 Å². The van der Waals surface area contributed by atoms with Crippen molar-refractivity contribution >= 4 is 70.6 Å². The van der Waals surface area contributed by atoms with Gasteiger partial charge in [-0.2, -0.15) is 11.8 Å². The Hall–Kier alpha value is -4.65. The maximum absolute atomic E-state index is 14.4. The minimum absolute atomic E-state index is 0.0148. The second kappa shape index (κ2) is 22.6. The van der Waals surface area contributed by atoms with E-state index >= 15 is 0 Å². The van der Waals surface area contributed by atoms with E-state index in [1.54, 1.807) is 53.0 Å². The number of rotatable bonds is 15. The molecule has 9 unspecified atom stereocenters. The highest BCUT2D eigenvalue weighted by Gasteiger charge is 2.64. The van der Waals surface area contributed by atoms with Crippen molar-refractivity contribution in [3.63, 3.8) is 0 Å². The van der Waals surface area contributed by atoms with Gasteiger partial charge in [-0.25, -0.2) is 9.59 Å². The zero-order valence-electron chi connectivity index (χ0n) is 40.3. The number of carbonyl (C=O) groups is 7. The van der Waals surface area contributed by atoms with Gasteiger partial charge in [0.2, 0.25) is 29.5 Å². The van der Waals surface area contributed by atoms with Gasteiger partial charge in [0.15, 0.2) is 0 Å². The Kier molecular flexibility index (Phi) is 18.0. The average Bonchev–Trinajstić information content (AvgIpc) is 3.91. The highest BCUT2D eigenvalue weighted by molar-refractivity contribution is 7.98. The number of benzene rings is 1. The van der Waals surface area contributed by atoms with Crippen molar-refractivity contribution in [3.05, 3.63) is 46.5 Å². The molecule has 3 fully saturated rings. The third-order valence-corrected chi connectivity index (χ3v) is 14.6. The Labute approximate surface area is 403 Å². The third kappa shape index (κ3) is 12.7. The molecule has 1 aromatic rings. The molecule has 0 aliphatic carbocycles. The fourth-order valence-corrected chi connectivity index (χ4v) is 9.70. The predicted molar refractivity (Wildman–Crippen MR) is 253 cm³/mol. The first-order valence-corrected chi connectivity index (χ1v) is 24.8. The number of aliphatic hydroxyl groups is 1. The summed E-state index contributed by atoms with van der Waals surface area (Å²) in [5.74, 6) is -3.02. The summed E-state index contributed by atoms with van der Waals surface area (Å²) < 4.78 is 23.8. The summed E-state index contributed by atoms with van der Waals surface area (Å²) in [6.07, 6.45) is 6.21. The summed E-state index contributed by atoms with van der Waals surface area (Å²) in [4.78, 5) is 97.0. The average molecular weight is 975 g/mol. The molecule has 3 saturated heterocycles. The zero-order valence-corrected chi connectivity index (χ0v) is 41.9. The number of nitrogens with one attached hydrogen (secondary N) is 2. The maximum Gasteiger partial charge on any atom is 0.409 e. The number of halogens is 1. The molecule has 6 amide bonds. The number of methoxy groups -OCH3 is 1. The van der Waals surface area contributed by atoms with Gasteiger partial charge in [-0.1, -0.05) is 62.6 Å². The molecule has 0 saturated carbocycles. The Bertz CT molecular complexity index is 2120. The lowest BCUT2D eigenvalue weighted by Gasteiger charge is -2.41. The lowest BCUT2D eigenvalue weighted by atomic mass is 9.82. The summed E-state index contributed by atoms with van der Waals surface area (Å²) in [7, 11) is 4.49. The number of carbonyl (C=O) groups excluding carboxylic acids is 7. The van der Waals surface area contributed by atoms with Crippen molar-refractivity contribution in [3.8, 4) is 5.75 Å². The molecule has 10 atom stereocenters. The number of epoxide rings is 1. The topological polar surface area (TPSA) is 214 Å². The molecular formula is C48H68ClN5O12S. The summed E-state index contributed by atoms with van der Waals surface area (Å²) in [6.45, 7) is 10.8. The van der Waals surface area contributed by atoms with Gasteiger partial charge in [-0.15, -0.1) is 0 Å². The standard InChI is InChI=1S/C48H68ClN5O12S/c1-27-15-14-16-29(3)48(62)26-36(64-46(61)51-48)30(4)42-47(6,66-42)37(25-39(56)53(8)34-23-32(21-27)24-35(63-9)41(34)49)65-45(60)31(5)52(7)44(59)33(18-20-67-10)50-38(55)17-12-11-13-19-54-40(57)22-28(2)43(54)58/h14-16,23-24,28-31,33,36-37,42,62H,11-13,17-22,25-26H2,1-10H3,(H,50,55)(H,51,61)/b16-14+,27-15+/t28?,29?,30?,31-,33?,36?,37?,42?,47?,48?/m0/s1. The van der Waals surface area contributed by atoms with Crippen LogP contribution in [0.15, 0.2) is 35.9 Å². The molecule has 19 heteroatoms. The van der Waals surface area contributed by atoms with E-state index in [-0.39, 0.29) is 54.3 Å². The van der Waals surface area contributed by atoms with Crippen molar-refractivity contribution in [1.29, 1.82) is 0 Å². The van der Waals surface area contributed by atoms with Gasteiger partial charge in [0, 0.05) is 57.7 Å². The Morgan fingerprint density at radius 2 is 1.82 bits per heavy atom. The van der Waals surface area contributed by atoms with Gasteiger partial charge >= 0.3 is 12.1 Å². The number of nitrogens with zero attached hydrogens (tertiary/aromatic N) is 3. The van der Waals surface area contributed by atoms with Crippen LogP contribution in [-0.4, -0.2) is 138 Å². The normalized spacial score (nSPS) is 29.9. The van der Waals surface area contributed by atoms with Gasteiger partial charge in [0.25, 0.3) is 0 Å². The van der Waals surface area contributed by atoms with E-state index in [9.17, 15) is 38.7 Å². The lowest BCUT2D eigenvalue weighted by Crippen LogP contribution is -2.60. The first-order chi connectivity index (χ1) is 31.5. The third-order valence-electron chi connectivity index (χ3n) is 13.6. The number of unbranched alkanes of at least 4 members (excludes halogenated alkanes) is 2. The summed E-state index contributed by atoms with van der Waals surface area (Å²) >= 11 is 8.32. The highest BCUT2D eigenvalue weighted by atomic mass is 35.5. The Balaban J connectivity index is 1.35. The largest absolute Gasteiger partial charge is 0.495 e. The number of hydrogen-bond acceptors (Lipinski definition) is 13. The molecule has 0 aromatic heterocycles. The van der Waals surface area contributed by atoms with Crippen molar-refractivity contribution in [1.82, 2.24) is 20.4 Å². The molecule has 4 heterocycles. The van der Waals surface area contributed by atoms with Gasteiger partial charge in [0.05, 0.1) is 25.3 Å². The smallest absolute Gasteiger partial charge is 0.409 e. The molecule has 17 nitrogen and oxygen atoms in total. The summed E-state index contributed by atoms with van der Waals surface area (Å²) in [5, 5.41) is 17.4. The number of amides is 6. The van der Waals surface area contributed by atoms with E-state index in [2.05, 4.69) is 10.6 Å². The lowest BCUT2D eigenvalue weighted by molar-refractivity contribution is -0.162. The maximum atomic E-state index is 14.4. The van der Waals surface area contributed by atoms with Crippen LogP contribution >= 0.6 is 23.4 Å². The quantitative estimate of drug-likeness (QED) is 0.0879. The SMILES string of the molecule is COc1cc2cc(c1Cl)N(C)C(=O)CC(OC(=O)[C@H](C)N(C)C(=O)C(CCSC)NC(=O)CCCCCN1C(=O)CC(C)C1=O)C1(C)OC1C(C)C1CC(O)(NC(=O)O1)C(C)/C=C/C=C(\C)C2. The molecule has 67 heavy (non-hydrogen) atoms. The zero-order chi connectivity index (χ0) is 49.5. The number of hydrogen-bond donors (Lipinski definition) is 3. The molecule has 3 N–H and O–H groups in total. The molecule has 370 valence electrons. The first kappa shape index (κ1) is 53.3. The second-order valence-electron chi connectivity index (χ2n) is 18.7. The number of anilines is 1. The van der Waals surface area contributed by atoms with Crippen LogP contribution in [0.2, 0.25) is 5.02 Å². The minimum atomic E-state index is -1.67. The van der Waals surface area contributed by atoms with E-state index < -0.39 is 77.4 Å². The van der Waals surface area contributed by atoms with E-state index in [0.29, 0.717) is 55.8 Å². The monoisotopic (exact) mass is 973 g/mol. The molecule has 4 bridgehead atoms. The second-order valence-corrected chi connectivity index (χ2v) is 20.0. The predicted octanol–water partition coefficient (Wildman–Crippen LogP) is 5.33. The van der Waals surface area contributed by atoms with Gasteiger partial charge < -0.3 is 39.2 Å². The number of esters is 1. The van der Waals surface area contributed by atoms with Gasteiger partial charge in [0.1, 0.15) is 46.4 Å². The van der Waals surface area contributed by atoms with Gasteiger partial charge in [-0.05, 0) is 76.2 Å². The number of imide groups is 1. The van der Waals surface area contributed by atoms with Crippen LogP contribution in [0, 0.1) is 17.8 Å². The molecule has 0 spiro atoms. The minimum Gasteiger partial charge on any atom is -0.495 e. The molecule has 1 aromatic carbocycles. The van der Waals surface area contributed by atoms with Crippen LogP contribution in [0.5, 0.6) is 5.75 Å². The van der Waals surface area contributed by atoms with E-state index in [0.717, 1.165) is 11.1 Å². The number of likely N-dealkylation sites (N-methyl/N-ethyl adjacent to an activating group) is 1. The van der Waals surface area contributed by atoms with Crippen LogP contribution < -0.4 is 20.3 Å². The van der Waals surface area contributed by atoms with Crippen LogP contribution in [-0.2, 0) is 49.4 Å². The van der Waals surface area contributed by atoms with Crippen LogP contribution in [0.3, 0.4) is 0 Å². The number of allylic oxidation sites excluding steroid dienone is 3. The van der Waals surface area contributed by atoms with E-state index in [1.165, 1.54) is 47.5 Å². The number of thioether (sulfide) groups is 1. The first-order valence-electron chi connectivity index (χ1n) is 23.0. The fraction of sp³-hybridized carbons (Fsp3) is 0.646. The van der Waals surface area contributed by atoms with E-state index in [1.807, 2.05) is 25.3 Å². The Morgan fingerprint density at radius 3 is 2.48 bits per heavy atom. The van der Waals surface area contributed by atoms with Crippen LogP contribution in [0.4, 0.5) is 10.5 Å². The van der Waals surface area contributed by atoms with Gasteiger partial charge in [-0.3, -0.25) is 34.2 Å². The van der Waals surface area contributed by atoms with Crippen LogP contribution in [0.25, 0.3) is 0 Å².